The summed E-state index contributed by atoms with van der Waals surface area (Å²) >= 11 is 19.9. The summed E-state index contributed by atoms with van der Waals surface area (Å²) in [6.45, 7) is 1.99. The van der Waals surface area contributed by atoms with Gasteiger partial charge in [-0.25, -0.2) is 0 Å². The molecule has 0 aliphatic rings. The average Bonchev–Trinajstić information content (AvgIpc) is 2.70. The van der Waals surface area contributed by atoms with Crippen molar-refractivity contribution in [2.24, 2.45) is 7.05 Å². The molecule has 0 amide bonds. The SMILES string of the molecule is Cc1nn(C)c(Cl)c1CC(CBr)(CBr)c1cccc(Cl)c1. The molecule has 2 nitrogen and oxygen atoms in total. The van der Waals surface area contributed by atoms with E-state index in [0.717, 1.165) is 33.4 Å². The molecule has 1 aromatic carbocycles. The van der Waals surface area contributed by atoms with E-state index in [9.17, 15) is 0 Å². The van der Waals surface area contributed by atoms with Gasteiger partial charge < -0.3 is 0 Å². The predicted molar refractivity (Wildman–Crippen MR) is 97.4 cm³/mol. The Morgan fingerprint density at radius 2 is 1.90 bits per heavy atom. The Balaban J connectivity index is 2.48. The Labute approximate surface area is 152 Å². The lowest BCUT2D eigenvalue weighted by Gasteiger charge is -2.31. The van der Waals surface area contributed by atoms with E-state index in [1.807, 2.05) is 32.2 Å². The van der Waals surface area contributed by atoms with Crippen LogP contribution in [0.5, 0.6) is 0 Å². The van der Waals surface area contributed by atoms with Gasteiger partial charge in [-0.3, -0.25) is 4.68 Å². The first kappa shape index (κ1) is 17.3. The first-order valence-electron chi connectivity index (χ1n) is 6.49. The van der Waals surface area contributed by atoms with Crippen LogP contribution in [-0.4, -0.2) is 20.4 Å². The molecule has 1 aromatic heterocycles. The number of hydrogen-bond acceptors (Lipinski definition) is 1. The highest BCUT2D eigenvalue weighted by atomic mass is 79.9. The summed E-state index contributed by atoms with van der Waals surface area (Å²) in [7, 11) is 1.86. The number of hydrogen-bond donors (Lipinski definition) is 0. The Hall–Kier alpha value is -0.0300. The molecule has 2 rings (SSSR count). The van der Waals surface area contributed by atoms with E-state index in [2.05, 4.69) is 43.0 Å². The zero-order valence-corrected chi connectivity index (χ0v) is 16.5. The monoisotopic (exact) mass is 452 g/mol. The summed E-state index contributed by atoms with van der Waals surface area (Å²) in [5, 5.41) is 7.44. The third-order valence-electron chi connectivity index (χ3n) is 3.73. The standard InChI is InChI=1S/C15H16Br2Cl2N2/c1-10-13(14(19)21(2)20-10)7-15(8-16,9-17)11-4-3-5-12(18)6-11/h3-6H,7-9H2,1-2H3. The molecular formula is C15H16Br2Cl2N2. The molecule has 0 saturated heterocycles. The summed E-state index contributed by atoms with van der Waals surface area (Å²) < 4.78 is 1.72. The first-order chi connectivity index (χ1) is 9.93. The number of nitrogens with zero attached hydrogens (tertiary/aromatic N) is 2. The van der Waals surface area contributed by atoms with Crippen molar-refractivity contribution in [1.82, 2.24) is 9.78 Å². The van der Waals surface area contributed by atoms with E-state index < -0.39 is 0 Å². The molecule has 114 valence electrons. The molecule has 0 fully saturated rings. The average molecular weight is 455 g/mol. The zero-order chi connectivity index (χ0) is 15.6. The quantitative estimate of drug-likeness (QED) is 0.560. The Morgan fingerprint density at radius 3 is 2.38 bits per heavy atom. The van der Waals surface area contributed by atoms with Gasteiger partial charge in [0.2, 0.25) is 0 Å². The van der Waals surface area contributed by atoms with Crippen LogP contribution in [-0.2, 0) is 18.9 Å². The van der Waals surface area contributed by atoms with Crippen molar-refractivity contribution >= 4 is 55.1 Å². The summed E-state index contributed by atoms with van der Waals surface area (Å²) in [5.41, 5.74) is 3.11. The maximum Gasteiger partial charge on any atom is 0.130 e. The number of alkyl halides is 2. The normalized spacial score (nSPS) is 11.9. The Bertz CT molecular complexity index is 637. The summed E-state index contributed by atoms with van der Waals surface area (Å²) in [4.78, 5) is 0. The summed E-state index contributed by atoms with van der Waals surface area (Å²) in [6, 6.07) is 7.99. The number of halogens is 4. The second-order valence-corrected chi connectivity index (χ2v) is 7.13. The van der Waals surface area contributed by atoms with Crippen molar-refractivity contribution in [2.75, 3.05) is 10.7 Å². The van der Waals surface area contributed by atoms with E-state index >= 15 is 0 Å². The molecule has 0 saturated carbocycles. The van der Waals surface area contributed by atoms with Crippen LogP contribution in [0.1, 0.15) is 16.8 Å². The summed E-state index contributed by atoms with van der Waals surface area (Å²) in [5.74, 6) is 0. The molecule has 1 heterocycles. The van der Waals surface area contributed by atoms with Crippen molar-refractivity contribution in [3.8, 4) is 0 Å². The third-order valence-corrected chi connectivity index (χ3v) is 6.59. The Kier molecular flexibility index (Phi) is 5.80. The van der Waals surface area contributed by atoms with Crippen LogP contribution in [0.25, 0.3) is 0 Å². The van der Waals surface area contributed by atoms with Crippen LogP contribution >= 0.6 is 55.1 Å². The van der Waals surface area contributed by atoms with Crippen molar-refractivity contribution in [3.63, 3.8) is 0 Å². The fraction of sp³-hybridized carbons (Fsp3) is 0.400. The minimum absolute atomic E-state index is 0.123. The highest BCUT2D eigenvalue weighted by Gasteiger charge is 2.33. The fourth-order valence-corrected chi connectivity index (χ4v) is 4.82. The maximum absolute atomic E-state index is 6.40. The Morgan fingerprint density at radius 1 is 1.24 bits per heavy atom. The van der Waals surface area contributed by atoms with Gasteiger partial charge in [0.25, 0.3) is 0 Å². The molecule has 0 aliphatic heterocycles. The van der Waals surface area contributed by atoms with Gasteiger partial charge >= 0.3 is 0 Å². The first-order valence-corrected chi connectivity index (χ1v) is 9.49. The van der Waals surface area contributed by atoms with Crippen molar-refractivity contribution in [3.05, 3.63) is 51.3 Å². The minimum Gasteiger partial charge on any atom is -0.257 e. The molecule has 0 N–H and O–H groups in total. The lowest BCUT2D eigenvalue weighted by Crippen LogP contribution is -2.33. The molecular weight excluding hydrogens is 439 g/mol. The number of rotatable bonds is 5. The van der Waals surface area contributed by atoms with E-state index in [0.29, 0.717) is 5.15 Å². The van der Waals surface area contributed by atoms with Gasteiger partial charge in [-0.15, -0.1) is 0 Å². The maximum atomic E-state index is 6.40. The van der Waals surface area contributed by atoms with Crippen LogP contribution in [0.2, 0.25) is 10.2 Å². The lowest BCUT2D eigenvalue weighted by molar-refractivity contribution is 0.549. The van der Waals surface area contributed by atoms with Gasteiger partial charge in [-0.1, -0.05) is 67.2 Å². The zero-order valence-electron chi connectivity index (χ0n) is 11.8. The molecule has 0 unspecified atom stereocenters. The smallest absolute Gasteiger partial charge is 0.130 e. The fourth-order valence-electron chi connectivity index (χ4n) is 2.42. The molecule has 0 radical (unpaired) electrons. The van der Waals surface area contributed by atoms with Gasteiger partial charge in [0.1, 0.15) is 5.15 Å². The molecule has 2 aromatic rings. The van der Waals surface area contributed by atoms with E-state index in [4.69, 9.17) is 23.2 Å². The topological polar surface area (TPSA) is 17.8 Å². The third kappa shape index (κ3) is 3.49. The van der Waals surface area contributed by atoms with Gasteiger partial charge in [-0.2, -0.15) is 5.10 Å². The van der Waals surface area contributed by atoms with Crippen molar-refractivity contribution < 1.29 is 0 Å². The van der Waals surface area contributed by atoms with Crippen molar-refractivity contribution in [2.45, 2.75) is 18.8 Å². The van der Waals surface area contributed by atoms with Gasteiger partial charge in [0.15, 0.2) is 0 Å². The van der Waals surface area contributed by atoms with Gasteiger partial charge in [-0.05, 0) is 31.0 Å². The number of aryl methyl sites for hydroxylation is 2. The van der Waals surface area contributed by atoms with Crippen LogP contribution in [0, 0.1) is 6.92 Å². The summed E-state index contributed by atoms with van der Waals surface area (Å²) in [6.07, 6.45) is 0.794. The molecule has 6 heteroatoms. The molecule has 0 aliphatic carbocycles. The van der Waals surface area contributed by atoms with Crippen LogP contribution < -0.4 is 0 Å². The number of aromatic nitrogens is 2. The number of benzene rings is 1. The van der Waals surface area contributed by atoms with Gasteiger partial charge in [0.05, 0.1) is 5.69 Å². The van der Waals surface area contributed by atoms with Crippen LogP contribution in [0.4, 0.5) is 0 Å². The van der Waals surface area contributed by atoms with Crippen molar-refractivity contribution in [1.29, 1.82) is 0 Å². The van der Waals surface area contributed by atoms with E-state index in [-0.39, 0.29) is 5.41 Å². The highest BCUT2D eigenvalue weighted by Crippen LogP contribution is 2.36. The van der Waals surface area contributed by atoms with E-state index in [1.54, 1.807) is 4.68 Å². The predicted octanol–water partition coefficient (Wildman–Crippen LogP) is 5.31. The molecule has 0 bridgehead atoms. The lowest BCUT2D eigenvalue weighted by atomic mass is 9.79. The molecule has 0 spiro atoms. The second-order valence-electron chi connectivity index (χ2n) is 5.21. The second kappa shape index (κ2) is 7.03. The highest BCUT2D eigenvalue weighted by molar-refractivity contribution is 9.09. The largest absolute Gasteiger partial charge is 0.257 e. The van der Waals surface area contributed by atoms with Crippen LogP contribution in [0.3, 0.4) is 0 Å². The van der Waals surface area contributed by atoms with Gasteiger partial charge in [0, 0.05) is 33.7 Å². The minimum atomic E-state index is -0.123. The van der Waals surface area contributed by atoms with E-state index in [1.165, 1.54) is 5.56 Å². The molecule has 21 heavy (non-hydrogen) atoms. The van der Waals surface area contributed by atoms with Crippen LogP contribution in [0.15, 0.2) is 24.3 Å². The molecule has 0 atom stereocenters.